The summed E-state index contributed by atoms with van der Waals surface area (Å²) in [6, 6.07) is 0. The van der Waals surface area contributed by atoms with E-state index in [-0.39, 0.29) is 25.4 Å². The van der Waals surface area contributed by atoms with E-state index in [9.17, 15) is 15.0 Å². The lowest BCUT2D eigenvalue weighted by atomic mass is 9.90. The van der Waals surface area contributed by atoms with Gasteiger partial charge in [0.05, 0.1) is 31.8 Å². The molecule has 1 rings (SSSR count). The Morgan fingerprint density at radius 1 is 1.25 bits per heavy atom. The number of allylic oxidation sites excluding steroid dienone is 1. The summed E-state index contributed by atoms with van der Waals surface area (Å²) in [5, 5.41) is 37.0. The van der Waals surface area contributed by atoms with Crippen molar-refractivity contribution in [2.75, 3.05) is 19.8 Å². The number of unbranched alkanes of at least 4 members (excludes halogenated alkanes) is 1. The highest BCUT2D eigenvalue weighted by atomic mass is 16.5. The van der Waals surface area contributed by atoms with Crippen molar-refractivity contribution in [3.05, 3.63) is 12.2 Å². The molecule has 0 radical (unpaired) electrons. The molecule has 0 unspecified atom stereocenters. The van der Waals surface area contributed by atoms with Crippen molar-refractivity contribution < 1.29 is 30.0 Å². The molecule has 0 amide bonds. The lowest BCUT2D eigenvalue weighted by Gasteiger charge is -2.18. The van der Waals surface area contributed by atoms with Gasteiger partial charge in [0.25, 0.3) is 0 Å². The fraction of sp³-hybridized carbons (Fsp3) is 0.786. The molecule has 1 aliphatic carbocycles. The molecule has 6 nitrogen and oxygen atoms in total. The molecule has 0 saturated heterocycles. The molecule has 4 atom stereocenters. The summed E-state index contributed by atoms with van der Waals surface area (Å²) in [7, 11) is 0. The van der Waals surface area contributed by atoms with E-state index >= 15 is 0 Å². The first-order valence-electron chi connectivity index (χ1n) is 6.99. The van der Waals surface area contributed by atoms with E-state index in [0.29, 0.717) is 13.2 Å². The molecule has 0 aromatic carbocycles. The Morgan fingerprint density at radius 2 is 2.00 bits per heavy atom. The van der Waals surface area contributed by atoms with Crippen molar-refractivity contribution in [2.24, 2.45) is 11.8 Å². The third kappa shape index (κ3) is 5.58. The normalized spacial score (nSPS) is 30.1. The summed E-state index contributed by atoms with van der Waals surface area (Å²) in [5.74, 6) is -1.69. The SMILES string of the molecule is O=C(O)C[C@@H]1[C@@H](C=CCCCOCCO)[C@H](O)C[C@@H]1O. The maximum Gasteiger partial charge on any atom is 0.303 e. The zero-order chi connectivity index (χ0) is 15.0. The van der Waals surface area contributed by atoms with Gasteiger partial charge in [0.1, 0.15) is 0 Å². The van der Waals surface area contributed by atoms with Crippen molar-refractivity contribution in [3.8, 4) is 0 Å². The van der Waals surface area contributed by atoms with Crippen molar-refractivity contribution in [2.45, 2.75) is 37.9 Å². The average molecular weight is 288 g/mol. The predicted octanol–water partition coefficient (Wildman–Crippen LogP) is 0.164. The quantitative estimate of drug-likeness (QED) is 0.356. The number of carboxylic acid groups (broad SMARTS) is 1. The van der Waals surface area contributed by atoms with Crippen LogP contribution in [0.1, 0.15) is 25.7 Å². The molecule has 20 heavy (non-hydrogen) atoms. The van der Waals surface area contributed by atoms with E-state index in [1.807, 2.05) is 6.08 Å². The predicted molar refractivity (Wildman–Crippen MR) is 72.1 cm³/mol. The zero-order valence-corrected chi connectivity index (χ0v) is 11.5. The van der Waals surface area contributed by atoms with Crippen LogP contribution in [0.2, 0.25) is 0 Å². The number of rotatable bonds is 9. The van der Waals surface area contributed by atoms with Gasteiger partial charge in [0, 0.05) is 24.9 Å². The van der Waals surface area contributed by atoms with Crippen LogP contribution in [0.25, 0.3) is 0 Å². The third-order valence-corrected chi connectivity index (χ3v) is 3.58. The van der Waals surface area contributed by atoms with Crippen molar-refractivity contribution in [1.29, 1.82) is 0 Å². The number of ether oxygens (including phenoxy) is 1. The van der Waals surface area contributed by atoms with E-state index in [2.05, 4.69) is 0 Å². The molecular formula is C14H24O6. The summed E-state index contributed by atoms with van der Waals surface area (Å²) in [5.41, 5.74) is 0. The molecule has 4 N–H and O–H groups in total. The first-order valence-corrected chi connectivity index (χ1v) is 6.99. The summed E-state index contributed by atoms with van der Waals surface area (Å²) in [6.45, 7) is 0.899. The highest BCUT2D eigenvalue weighted by molar-refractivity contribution is 5.67. The van der Waals surface area contributed by atoms with Gasteiger partial charge in [-0.2, -0.15) is 0 Å². The minimum atomic E-state index is -0.959. The third-order valence-electron chi connectivity index (χ3n) is 3.58. The first kappa shape index (κ1) is 17.1. The summed E-state index contributed by atoms with van der Waals surface area (Å²) < 4.78 is 5.12. The van der Waals surface area contributed by atoms with E-state index in [4.69, 9.17) is 14.9 Å². The molecule has 0 aliphatic heterocycles. The summed E-state index contributed by atoms with van der Waals surface area (Å²) in [4.78, 5) is 10.8. The molecule has 1 fully saturated rings. The molecule has 1 aliphatic rings. The van der Waals surface area contributed by atoms with Gasteiger partial charge >= 0.3 is 5.97 Å². The van der Waals surface area contributed by atoms with Crippen LogP contribution < -0.4 is 0 Å². The van der Waals surface area contributed by atoms with E-state index in [0.717, 1.165) is 12.8 Å². The fourth-order valence-electron chi connectivity index (χ4n) is 2.59. The minimum absolute atomic E-state index is 0.0128. The average Bonchev–Trinajstić information content (AvgIpc) is 2.63. The van der Waals surface area contributed by atoms with Crippen LogP contribution in [-0.2, 0) is 9.53 Å². The largest absolute Gasteiger partial charge is 0.481 e. The Bertz CT molecular complexity index is 317. The summed E-state index contributed by atoms with van der Waals surface area (Å²) in [6.07, 6.45) is 3.90. The Hall–Kier alpha value is -0.950. The number of carboxylic acids is 1. The molecule has 116 valence electrons. The number of aliphatic hydroxyl groups excluding tert-OH is 3. The second-order valence-electron chi connectivity index (χ2n) is 5.12. The van der Waals surface area contributed by atoms with Crippen LogP contribution >= 0.6 is 0 Å². The van der Waals surface area contributed by atoms with Gasteiger partial charge in [-0.1, -0.05) is 12.2 Å². The van der Waals surface area contributed by atoms with E-state index in [1.165, 1.54) is 0 Å². The van der Waals surface area contributed by atoms with Gasteiger partial charge in [0.15, 0.2) is 0 Å². The Balaban J connectivity index is 2.36. The molecule has 0 aromatic heterocycles. The Morgan fingerprint density at radius 3 is 2.65 bits per heavy atom. The van der Waals surface area contributed by atoms with Gasteiger partial charge in [-0.05, 0) is 12.8 Å². The number of hydrogen-bond donors (Lipinski definition) is 4. The molecule has 6 heteroatoms. The Kier molecular flexibility index (Phi) is 7.76. The van der Waals surface area contributed by atoms with Gasteiger partial charge in [0.2, 0.25) is 0 Å². The van der Waals surface area contributed by atoms with Gasteiger partial charge in [-0.25, -0.2) is 0 Å². The molecule has 0 spiro atoms. The van der Waals surface area contributed by atoms with E-state index < -0.39 is 24.1 Å². The van der Waals surface area contributed by atoms with Crippen LogP contribution in [0.3, 0.4) is 0 Å². The van der Waals surface area contributed by atoms with Crippen LogP contribution in [0.15, 0.2) is 12.2 Å². The van der Waals surface area contributed by atoms with Crippen LogP contribution in [-0.4, -0.2) is 58.4 Å². The highest BCUT2D eigenvalue weighted by Crippen LogP contribution is 2.36. The van der Waals surface area contributed by atoms with Crippen LogP contribution in [0, 0.1) is 11.8 Å². The lowest BCUT2D eigenvalue weighted by molar-refractivity contribution is -0.139. The topological polar surface area (TPSA) is 107 Å². The van der Waals surface area contributed by atoms with Crippen molar-refractivity contribution in [3.63, 3.8) is 0 Å². The van der Waals surface area contributed by atoms with Crippen molar-refractivity contribution in [1.82, 2.24) is 0 Å². The molecular weight excluding hydrogens is 264 g/mol. The molecule has 1 saturated carbocycles. The standard InChI is InChI=1S/C14H24O6/c15-5-7-20-6-3-1-2-4-10-11(8-14(18)19)13(17)9-12(10)16/h2,4,10-13,15-17H,1,3,5-9H2,(H,18,19)/t10-,11-,12-,13+/m1/s1. The maximum atomic E-state index is 10.8. The molecule has 0 heterocycles. The first-order chi connectivity index (χ1) is 9.56. The number of aliphatic hydroxyl groups is 3. The van der Waals surface area contributed by atoms with Gasteiger partial charge < -0.3 is 25.2 Å². The smallest absolute Gasteiger partial charge is 0.303 e. The van der Waals surface area contributed by atoms with E-state index in [1.54, 1.807) is 6.08 Å². The number of aliphatic carboxylic acids is 1. The zero-order valence-electron chi connectivity index (χ0n) is 11.5. The van der Waals surface area contributed by atoms with Crippen molar-refractivity contribution >= 4 is 5.97 Å². The number of carbonyl (C=O) groups is 1. The molecule has 0 aromatic rings. The monoisotopic (exact) mass is 288 g/mol. The minimum Gasteiger partial charge on any atom is -0.481 e. The Labute approximate surface area is 118 Å². The highest BCUT2D eigenvalue weighted by Gasteiger charge is 2.41. The second kappa shape index (κ2) is 9.07. The van der Waals surface area contributed by atoms with Crippen LogP contribution in [0.4, 0.5) is 0 Å². The van der Waals surface area contributed by atoms with Gasteiger partial charge in [-0.15, -0.1) is 0 Å². The fourth-order valence-corrected chi connectivity index (χ4v) is 2.59. The molecule has 0 bridgehead atoms. The maximum absolute atomic E-state index is 10.8. The second-order valence-corrected chi connectivity index (χ2v) is 5.12. The van der Waals surface area contributed by atoms with Gasteiger partial charge in [-0.3, -0.25) is 4.79 Å². The number of hydrogen-bond acceptors (Lipinski definition) is 5. The van der Waals surface area contributed by atoms with Crippen LogP contribution in [0.5, 0.6) is 0 Å². The summed E-state index contributed by atoms with van der Waals surface area (Å²) >= 11 is 0. The lowest BCUT2D eigenvalue weighted by Crippen LogP contribution is -2.23.